The van der Waals surface area contributed by atoms with Gasteiger partial charge >= 0.3 is 0 Å². The molecule has 0 aliphatic carbocycles. The molecule has 1 atom stereocenters. The van der Waals surface area contributed by atoms with E-state index in [1.165, 1.54) is 4.90 Å². The molecule has 98 valence electrons. The molecule has 0 unspecified atom stereocenters. The Morgan fingerprint density at radius 1 is 1.44 bits per heavy atom. The molecule has 0 radical (unpaired) electrons. The van der Waals surface area contributed by atoms with E-state index in [9.17, 15) is 4.79 Å². The summed E-state index contributed by atoms with van der Waals surface area (Å²) in [5, 5.41) is 0.0134. The van der Waals surface area contributed by atoms with E-state index in [1.54, 1.807) is 38.3 Å². The van der Waals surface area contributed by atoms with Crippen molar-refractivity contribution < 1.29 is 9.53 Å². The maximum atomic E-state index is 12.2. The van der Waals surface area contributed by atoms with Gasteiger partial charge in [-0.2, -0.15) is 11.8 Å². The number of thioether (sulfide) groups is 2. The fourth-order valence-electron chi connectivity index (χ4n) is 1.53. The van der Waals surface area contributed by atoms with E-state index in [2.05, 4.69) is 9.97 Å². The van der Waals surface area contributed by atoms with Crippen LogP contribution in [0.4, 0.5) is 5.95 Å². The van der Waals surface area contributed by atoms with E-state index in [1.807, 2.05) is 11.8 Å². The zero-order valence-corrected chi connectivity index (χ0v) is 12.0. The number of rotatable bonds is 3. The number of hydrogen-bond donors (Lipinski definition) is 0. The lowest BCUT2D eigenvalue weighted by molar-refractivity contribution is -0.117. The van der Waals surface area contributed by atoms with Gasteiger partial charge in [-0.3, -0.25) is 9.69 Å². The standard InChI is InChI=1S/C11H15N3O2S2/c1-14(10(15)9-7-17-3-4-18-9)11-12-5-8(16-2)6-13-11/h5-6,9H,3-4,7H2,1-2H3/t9-/m1/s1. The second-order valence-corrected chi connectivity index (χ2v) is 6.21. The van der Waals surface area contributed by atoms with Gasteiger partial charge in [-0.05, 0) is 0 Å². The van der Waals surface area contributed by atoms with Crippen LogP contribution >= 0.6 is 23.5 Å². The predicted octanol–water partition coefficient (Wildman–Crippen LogP) is 1.30. The number of aromatic nitrogens is 2. The van der Waals surface area contributed by atoms with Crippen molar-refractivity contribution >= 4 is 35.4 Å². The van der Waals surface area contributed by atoms with Gasteiger partial charge in [-0.1, -0.05) is 0 Å². The first-order valence-corrected chi connectivity index (χ1v) is 7.75. The van der Waals surface area contributed by atoms with Crippen molar-refractivity contribution in [1.82, 2.24) is 9.97 Å². The Labute approximate surface area is 115 Å². The Bertz CT molecular complexity index is 407. The third-order valence-corrected chi connectivity index (χ3v) is 5.31. The van der Waals surface area contributed by atoms with Crippen molar-refractivity contribution in [3.63, 3.8) is 0 Å². The lowest BCUT2D eigenvalue weighted by atomic mass is 10.4. The highest BCUT2D eigenvalue weighted by Gasteiger charge is 2.26. The molecule has 1 amide bonds. The molecule has 0 aromatic carbocycles. The molecule has 2 heterocycles. The summed E-state index contributed by atoms with van der Waals surface area (Å²) in [5.74, 6) is 4.08. The van der Waals surface area contributed by atoms with Crippen molar-refractivity contribution in [2.45, 2.75) is 5.25 Å². The molecule has 18 heavy (non-hydrogen) atoms. The van der Waals surface area contributed by atoms with Crippen molar-refractivity contribution in [3.05, 3.63) is 12.4 Å². The number of nitrogens with zero attached hydrogens (tertiary/aromatic N) is 3. The molecule has 1 aliphatic rings. The van der Waals surface area contributed by atoms with E-state index in [0.29, 0.717) is 11.7 Å². The zero-order chi connectivity index (χ0) is 13.0. The van der Waals surface area contributed by atoms with Crippen LogP contribution in [-0.2, 0) is 4.79 Å². The normalized spacial score (nSPS) is 19.3. The van der Waals surface area contributed by atoms with Gasteiger partial charge in [-0.15, -0.1) is 11.8 Å². The van der Waals surface area contributed by atoms with E-state index in [4.69, 9.17) is 4.74 Å². The first-order valence-electron chi connectivity index (χ1n) is 5.55. The van der Waals surface area contributed by atoms with Crippen LogP contribution < -0.4 is 9.64 Å². The van der Waals surface area contributed by atoms with Gasteiger partial charge in [0, 0.05) is 24.3 Å². The molecule has 2 rings (SSSR count). The Hall–Kier alpha value is -0.950. The molecular formula is C11H15N3O2S2. The molecule has 1 aliphatic heterocycles. The first-order chi connectivity index (χ1) is 8.72. The molecule has 1 aromatic rings. The summed E-state index contributed by atoms with van der Waals surface area (Å²) in [6, 6.07) is 0. The van der Waals surface area contributed by atoms with Crippen LogP contribution in [0.1, 0.15) is 0 Å². The summed E-state index contributed by atoms with van der Waals surface area (Å²) in [7, 11) is 3.27. The van der Waals surface area contributed by atoms with Crippen molar-refractivity contribution in [2.24, 2.45) is 0 Å². The van der Waals surface area contributed by atoms with Crippen LogP contribution in [0.15, 0.2) is 12.4 Å². The Morgan fingerprint density at radius 3 is 2.72 bits per heavy atom. The molecule has 1 saturated heterocycles. The molecule has 0 bridgehead atoms. The van der Waals surface area contributed by atoms with E-state index in [-0.39, 0.29) is 11.2 Å². The topological polar surface area (TPSA) is 55.3 Å². The predicted molar refractivity (Wildman–Crippen MR) is 75.6 cm³/mol. The molecule has 0 spiro atoms. The molecule has 7 heteroatoms. The number of anilines is 1. The van der Waals surface area contributed by atoms with Crippen LogP contribution in [0.5, 0.6) is 5.75 Å². The van der Waals surface area contributed by atoms with Crippen molar-refractivity contribution in [1.29, 1.82) is 0 Å². The molecule has 0 saturated carbocycles. The summed E-state index contributed by atoms with van der Waals surface area (Å²) >= 11 is 3.53. The van der Waals surface area contributed by atoms with Crippen LogP contribution in [-0.4, -0.2) is 52.5 Å². The van der Waals surface area contributed by atoms with E-state index < -0.39 is 0 Å². The quantitative estimate of drug-likeness (QED) is 0.834. The smallest absolute Gasteiger partial charge is 0.243 e. The third-order valence-electron chi connectivity index (χ3n) is 2.57. The van der Waals surface area contributed by atoms with Gasteiger partial charge in [-0.25, -0.2) is 9.97 Å². The second-order valence-electron chi connectivity index (χ2n) is 3.75. The fraction of sp³-hybridized carbons (Fsp3) is 0.545. The van der Waals surface area contributed by atoms with Gasteiger partial charge in [0.25, 0.3) is 0 Å². The van der Waals surface area contributed by atoms with Crippen molar-refractivity contribution in [3.8, 4) is 5.75 Å². The number of amides is 1. The molecule has 5 nitrogen and oxygen atoms in total. The monoisotopic (exact) mass is 285 g/mol. The molecule has 1 fully saturated rings. The lowest BCUT2D eigenvalue weighted by Crippen LogP contribution is -2.38. The van der Waals surface area contributed by atoms with Crippen LogP contribution in [0.3, 0.4) is 0 Å². The number of ether oxygens (including phenoxy) is 1. The highest BCUT2D eigenvalue weighted by Crippen LogP contribution is 2.26. The number of hydrogen-bond acceptors (Lipinski definition) is 6. The van der Waals surface area contributed by atoms with Crippen molar-refractivity contribution in [2.75, 3.05) is 36.3 Å². The largest absolute Gasteiger partial charge is 0.494 e. The number of methoxy groups -OCH3 is 1. The number of carbonyl (C=O) groups excluding carboxylic acids is 1. The minimum Gasteiger partial charge on any atom is -0.494 e. The SMILES string of the molecule is COc1cnc(N(C)C(=O)[C@H]2CSCCS2)nc1. The molecule has 0 N–H and O–H groups in total. The Morgan fingerprint density at radius 2 is 2.17 bits per heavy atom. The minimum atomic E-state index is 0.0134. The van der Waals surface area contributed by atoms with E-state index >= 15 is 0 Å². The lowest BCUT2D eigenvalue weighted by Gasteiger charge is -2.24. The molecule has 1 aromatic heterocycles. The maximum absolute atomic E-state index is 12.2. The average molecular weight is 285 g/mol. The summed E-state index contributed by atoms with van der Waals surface area (Å²) in [6.07, 6.45) is 3.13. The maximum Gasteiger partial charge on any atom is 0.243 e. The summed E-state index contributed by atoms with van der Waals surface area (Å²) < 4.78 is 4.99. The van der Waals surface area contributed by atoms with Gasteiger partial charge in [0.05, 0.1) is 24.8 Å². The first kappa shape index (κ1) is 13.5. The van der Waals surface area contributed by atoms with Gasteiger partial charge in [0.2, 0.25) is 11.9 Å². The minimum absolute atomic E-state index is 0.0134. The van der Waals surface area contributed by atoms with Gasteiger partial charge in [0.15, 0.2) is 5.75 Å². The average Bonchev–Trinajstić information content (AvgIpc) is 2.47. The highest BCUT2D eigenvalue weighted by atomic mass is 32.2. The second kappa shape index (κ2) is 6.29. The molecular weight excluding hydrogens is 270 g/mol. The summed E-state index contributed by atoms with van der Waals surface area (Å²) in [5.41, 5.74) is 0. The van der Waals surface area contributed by atoms with E-state index in [0.717, 1.165) is 17.3 Å². The van der Waals surface area contributed by atoms with Gasteiger partial charge < -0.3 is 4.74 Å². The Kier molecular flexibility index (Phi) is 4.71. The fourth-order valence-corrected chi connectivity index (χ4v) is 4.17. The number of carbonyl (C=O) groups is 1. The van der Waals surface area contributed by atoms with Crippen LogP contribution in [0.25, 0.3) is 0 Å². The van der Waals surface area contributed by atoms with Crippen LogP contribution in [0, 0.1) is 0 Å². The third kappa shape index (κ3) is 3.08. The summed E-state index contributed by atoms with van der Waals surface area (Å²) in [4.78, 5) is 22.0. The highest BCUT2D eigenvalue weighted by molar-refractivity contribution is 8.07. The van der Waals surface area contributed by atoms with Gasteiger partial charge in [0.1, 0.15) is 0 Å². The Balaban J connectivity index is 2.04. The zero-order valence-electron chi connectivity index (χ0n) is 10.3. The van der Waals surface area contributed by atoms with Crippen LogP contribution in [0.2, 0.25) is 0 Å². The summed E-state index contributed by atoms with van der Waals surface area (Å²) in [6.45, 7) is 0.